The minimum atomic E-state index is -0.969. The van der Waals surface area contributed by atoms with Crippen molar-refractivity contribution in [3.63, 3.8) is 0 Å². The number of amides is 2. The highest BCUT2D eigenvalue weighted by Crippen LogP contribution is 2.52. The number of likely N-dealkylation sites (tertiary alicyclic amines) is 1. The molecule has 0 aromatic heterocycles. The molecule has 0 aromatic carbocycles. The zero-order valence-corrected chi connectivity index (χ0v) is 19.1. The molecule has 3 fully saturated rings. The fourth-order valence-corrected chi connectivity index (χ4v) is 7.72. The largest absolute Gasteiger partial charge is 0.480 e. The van der Waals surface area contributed by atoms with Crippen LogP contribution >= 0.6 is 23.5 Å². The number of carbonyl (C=O) groups is 3. The SMILES string of the molecule is CC(C)(C)OC(=O)NC(C(=O)N1CC2(C[C@H]1C(=O)O)SCCS2)C1CCCCC1. The van der Waals surface area contributed by atoms with Gasteiger partial charge in [0.25, 0.3) is 0 Å². The predicted octanol–water partition coefficient (Wildman–Crippen LogP) is 3.32. The van der Waals surface area contributed by atoms with E-state index in [1.807, 2.05) is 0 Å². The lowest BCUT2D eigenvalue weighted by Crippen LogP contribution is -2.55. The number of hydrogen-bond donors (Lipinski definition) is 2. The van der Waals surface area contributed by atoms with Gasteiger partial charge < -0.3 is 20.1 Å². The van der Waals surface area contributed by atoms with E-state index in [2.05, 4.69) is 5.32 Å². The maximum Gasteiger partial charge on any atom is 0.408 e. The summed E-state index contributed by atoms with van der Waals surface area (Å²) in [5, 5.41) is 12.6. The van der Waals surface area contributed by atoms with Gasteiger partial charge in [-0.25, -0.2) is 9.59 Å². The monoisotopic (exact) mass is 444 g/mol. The molecule has 2 amide bonds. The van der Waals surface area contributed by atoms with Crippen molar-refractivity contribution in [3.8, 4) is 0 Å². The van der Waals surface area contributed by atoms with Gasteiger partial charge >= 0.3 is 12.1 Å². The Hall–Kier alpha value is -1.09. The van der Waals surface area contributed by atoms with Crippen LogP contribution in [0.2, 0.25) is 0 Å². The highest BCUT2D eigenvalue weighted by atomic mass is 32.2. The van der Waals surface area contributed by atoms with Crippen molar-refractivity contribution < 1.29 is 24.2 Å². The molecule has 1 saturated carbocycles. The minimum Gasteiger partial charge on any atom is -0.480 e. The van der Waals surface area contributed by atoms with E-state index in [1.54, 1.807) is 44.3 Å². The van der Waals surface area contributed by atoms with Crippen LogP contribution in [0.5, 0.6) is 0 Å². The molecular weight excluding hydrogens is 412 g/mol. The van der Waals surface area contributed by atoms with Crippen LogP contribution in [0.4, 0.5) is 4.79 Å². The van der Waals surface area contributed by atoms with E-state index in [0.29, 0.717) is 13.0 Å². The smallest absolute Gasteiger partial charge is 0.408 e. The minimum absolute atomic E-state index is 0.0126. The second kappa shape index (κ2) is 8.96. The van der Waals surface area contributed by atoms with Gasteiger partial charge in [0.15, 0.2) is 0 Å². The van der Waals surface area contributed by atoms with Crippen molar-refractivity contribution in [1.82, 2.24) is 10.2 Å². The molecule has 0 bridgehead atoms. The fourth-order valence-electron chi connectivity index (χ4n) is 4.46. The van der Waals surface area contributed by atoms with E-state index >= 15 is 0 Å². The summed E-state index contributed by atoms with van der Waals surface area (Å²) in [6.07, 6.45) is 4.70. The summed E-state index contributed by atoms with van der Waals surface area (Å²) in [4.78, 5) is 39.5. The molecular formula is C20H32N2O5S2. The Morgan fingerprint density at radius 1 is 1.14 bits per heavy atom. The average molecular weight is 445 g/mol. The number of carboxylic acid groups (broad SMARTS) is 1. The van der Waals surface area contributed by atoms with Gasteiger partial charge in [0.05, 0.1) is 4.08 Å². The summed E-state index contributed by atoms with van der Waals surface area (Å²) in [6.45, 7) is 5.76. The Bertz CT molecular complexity index is 639. The van der Waals surface area contributed by atoms with Gasteiger partial charge in [0.2, 0.25) is 5.91 Å². The van der Waals surface area contributed by atoms with Gasteiger partial charge in [-0.05, 0) is 39.5 Å². The number of aliphatic carboxylic acids is 1. The molecule has 0 aromatic rings. The first kappa shape index (κ1) is 22.6. The van der Waals surface area contributed by atoms with E-state index in [1.165, 1.54) is 4.90 Å². The van der Waals surface area contributed by atoms with Gasteiger partial charge in [-0.1, -0.05) is 19.3 Å². The van der Waals surface area contributed by atoms with Gasteiger partial charge in [-0.2, -0.15) is 0 Å². The van der Waals surface area contributed by atoms with Crippen LogP contribution in [-0.4, -0.2) is 67.8 Å². The van der Waals surface area contributed by atoms with Crippen LogP contribution in [-0.2, 0) is 14.3 Å². The second-order valence-corrected chi connectivity index (χ2v) is 12.4. The highest BCUT2D eigenvalue weighted by Gasteiger charge is 2.53. The lowest BCUT2D eigenvalue weighted by atomic mass is 9.83. The first-order chi connectivity index (χ1) is 13.6. The van der Waals surface area contributed by atoms with E-state index in [0.717, 1.165) is 43.6 Å². The molecule has 9 heteroatoms. The Morgan fingerprint density at radius 2 is 1.76 bits per heavy atom. The third-order valence-corrected chi connectivity index (χ3v) is 9.16. The summed E-state index contributed by atoms with van der Waals surface area (Å²) < 4.78 is 5.16. The van der Waals surface area contributed by atoms with Crippen LogP contribution in [0.15, 0.2) is 0 Å². The summed E-state index contributed by atoms with van der Waals surface area (Å²) in [7, 11) is 0. The Kier molecular flexibility index (Phi) is 6.98. The van der Waals surface area contributed by atoms with Crippen LogP contribution in [0.25, 0.3) is 0 Å². The number of thioether (sulfide) groups is 2. The van der Waals surface area contributed by atoms with Crippen molar-refractivity contribution in [2.45, 2.75) is 81.1 Å². The number of carbonyl (C=O) groups excluding carboxylic acids is 2. The highest BCUT2D eigenvalue weighted by molar-refractivity contribution is 8.21. The van der Waals surface area contributed by atoms with E-state index in [4.69, 9.17) is 4.74 Å². The molecule has 3 rings (SSSR count). The number of carboxylic acids is 1. The summed E-state index contributed by atoms with van der Waals surface area (Å²) in [5.74, 6) is 0.712. The molecule has 0 radical (unpaired) electrons. The first-order valence-corrected chi connectivity index (χ1v) is 12.4. The van der Waals surface area contributed by atoms with Crippen LogP contribution in [0.3, 0.4) is 0 Å². The number of nitrogens with one attached hydrogen (secondary N) is 1. The maximum atomic E-state index is 13.6. The molecule has 1 aliphatic carbocycles. The summed E-state index contributed by atoms with van der Waals surface area (Å²) >= 11 is 3.51. The van der Waals surface area contributed by atoms with Crippen molar-refractivity contribution in [2.75, 3.05) is 18.1 Å². The zero-order valence-electron chi connectivity index (χ0n) is 17.4. The molecule has 2 saturated heterocycles. The predicted molar refractivity (Wildman–Crippen MR) is 115 cm³/mol. The normalized spacial score (nSPS) is 25.8. The lowest BCUT2D eigenvalue weighted by molar-refractivity contribution is -0.149. The average Bonchev–Trinajstić information content (AvgIpc) is 3.26. The number of ether oxygens (including phenoxy) is 1. The molecule has 164 valence electrons. The van der Waals surface area contributed by atoms with E-state index in [9.17, 15) is 19.5 Å². The van der Waals surface area contributed by atoms with Crippen molar-refractivity contribution >= 4 is 41.5 Å². The molecule has 2 N–H and O–H groups in total. The first-order valence-electron chi connectivity index (χ1n) is 10.4. The molecule has 1 unspecified atom stereocenters. The quantitative estimate of drug-likeness (QED) is 0.687. The third-order valence-electron chi connectivity index (χ3n) is 5.73. The third kappa shape index (κ3) is 5.54. The topological polar surface area (TPSA) is 95.9 Å². The van der Waals surface area contributed by atoms with Gasteiger partial charge in [-0.3, -0.25) is 4.79 Å². The van der Waals surface area contributed by atoms with Crippen LogP contribution in [0.1, 0.15) is 59.3 Å². The van der Waals surface area contributed by atoms with Gasteiger partial charge in [-0.15, -0.1) is 23.5 Å². The Morgan fingerprint density at radius 3 is 2.31 bits per heavy atom. The summed E-state index contributed by atoms with van der Waals surface area (Å²) in [5.41, 5.74) is -0.664. The Labute approximate surface area is 181 Å². The maximum absolute atomic E-state index is 13.6. The van der Waals surface area contributed by atoms with Crippen molar-refractivity contribution in [2.24, 2.45) is 5.92 Å². The summed E-state index contributed by atoms with van der Waals surface area (Å²) in [6, 6.07) is -1.58. The van der Waals surface area contributed by atoms with E-state index in [-0.39, 0.29) is 15.9 Å². The molecule has 3 aliphatic rings. The molecule has 2 heterocycles. The number of alkyl carbamates (subject to hydrolysis) is 1. The van der Waals surface area contributed by atoms with Gasteiger partial charge in [0, 0.05) is 24.5 Å². The van der Waals surface area contributed by atoms with Gasteiger partial charge in [0.1, 0.15) is 17.7 Å². The molecule has 1 spiro atoms. The lowest BCUT2D eigenvalue weighted by Gasteiger charge is -2.34. The van der Waals surface area contributed by atoms with E-state index < -0.39 is 29.7 Å². The number of nitrogens with zero attached hydrogens (tertiary/aromatic N) is 1. The van der Waals surface area contributed by atoms with Crippen molar-refractivity contribution in [3.05, 3.63) is 0 Å². The van der Waals surface area contributed by atoms with Crippen LogP contribution in [0, 0.1) is 5.92 Å². The Balaban J connectivity index is 1.80. The molecule has 2 atom stereocenters. The zero-order chi connectivity index (χ0) is 21.2. The second-order valence-electron chi connectivity index (χ2n) is 9.15. The van der Waals surface area contributed by atoms with Crippen LogP contribution < -0.4 is 5.32 Å². The molecule has 29 heavy (non-hydrogen) atoms. The van der Waals surface area contributed by atoms with Crippen molar-refractivity contribution in [1.29, 1.82) is 0 Å². The number of rotatable bonds is 4. The fraction of sp³-hybridized carbons (Fsp3) is 0.850. The standard InChI is InChI=1S/C20H32N2O5S2/c1-19(2,3)27-18(26)21-15(13-7-5-4-6-8-13)16(23)22-12-20(28-9-10-29-20)11-14(22)17(24)25/h13-15H,4-12H2,1-3H3,(H,21,26)(H,24,25)/t14-,15?/m0/s1. The number of hydrogen-bond acceptors (Lipinski definition) is 6. The molecule has 2 aliphatic heterocycles. The molecule has 7 nitrogen and oxygen atoms in total.